The van der Waals surface area contributed by atoms with Gasteiger partial charge < -0.3 is 15.2 Å². The maximum Gasteiger partial charge on any atom is 0.414 e. The maximum absolute atomic E-state index is 13.7. The topological polar surface area (TPSA) is 93.1 Å². The van der Waals surface area contributed by atoms with E-state index in [0.717, 1.165) is 51.0 Å². The van der Waals surface area contributed by atoms with Crippen molar-refractivity contribution in [3.05, 3.63) is 63.8 Å². The third-order valence-corrected chi connectivity index (χ3v) is 6.03. The fourth-order valence-electron chi connectivity index (χ4n) is 4.09. The molecule has 2 amide bonds. The van der Waals surface area contributed by atoms with Crippen molar-refractivity contribution in [1.29, 1.82) is 0 Å². The van der Waals surface area contributed by atoms with E-state index in [2.05, 4.69) is 10.3 Å². The SMILES string of the molecule is O=C(NC1CCCCC1)c1cn(C2CC2)cc(C(=O)N[C@H](c2ccccn2)C(F)(F)F)c1=O. The van der Waals surface area contributed by atoms with E-state index < -0.39 is 40.7 Å². The van der Waals surface area contributed by atoms with E-state index in [1.165, 1.54) is 30.7 Å². The van der Waals surface area contributed by atoms with E-state index >= 15 is 0 Å². The van der Waals surface area contributed by atoms with Crippen LogP contribution in [0.15, 0.2) is 41.6 Å². The van der Waals surface area contributed by atoms with Gasteiger partial charge in [0.05, 0.1) is 5.69 Å². The van der Waals surface area contributed by atoms with Crippen molar-refractivity contribution in [2.75, 3.05) is 0 Å². The molecule has 2 N–H and O–H groups in total. The second-order valence-electron chi connectivity index (χ2n) is 8.60. The molecule has 0 aromatic carbocycles. The molecule has 7 nitrogen and oxygen atoms in total. The number of carbonyl (C=O) groups excluding carboxylic acids is 2. The zero-order valence-corrected chi connectivity index (χ0v) is 17.9. The molecule has 2 aliphatic carbocycles. The smallest absolute Gasteiger partial charge is 0.349 e. The van der Waals surface area contributed by atoms with Gasteiger partial charge in [-0.25, -0.2) is 0 Å². The second-order valence-corrected chi connectivity index (χ2v) is 8.60. The lowest BCUT2D eigenvalue weighted by Crippen LogP contribution is -2.42. The van der Waals surface area contributed by atoms with Crippen molar-refractivity contribution >= 4 is 11.8 Å². The largest absolute Gasteiger partial charge is 0.414 e. The Bertz CT molecular complexity index is 1070. The average molecular weight is 462 g/mol. The van der Waals surface area contributed by atoms with Crippen LogP contribution in [0.3, 0.4) is 0 Å². The van der Waals surface area contributed by atoms with E-state index in [0.29, 0.717) is 0 Å². The van der Waals surface area contributed by atoms with Crippen LogP contribution in [0.5, 0.6) is 0 Å². The first-order valence-electron chi connectivity index (χ1n) is 11.1. The maximum atomic E-state index is 13.7. The third-order valence-electron chi connectivity index (χ3n) is 6.03. The van der Waals surface area contributed by atoms with Gasteiger partial charge >= 0.3 is 6.18 Å². The van der Waals surface area contributed by atoms with Crippen molar-refractivity contribution in [1.82, 2.24) is 20.2 Å². The van der Waals surface area contributed by atoms with Gasteiger partial charge in [-0.15, -0.1) is 0 Å². The van der Waals surface area contributed by atoms with Crippen molar-refractivity contribution in [2.45, 2.75) is 69.2 Å². The first kappa shape index (κ1) is 23.0. The Kier molecular flexibility index (Phi) is 6.53. The Balaban J connectivity index is 1.64. The van der Waals surface area contributed by atoms with Gasteiger partial charge in [0.25, 0.3) is 11.8 Å². The number of rotatable bonds is 6. The van der Waals surface area contributed by atoms with E-state index in [-0.39, 0.29) is 17.6 Å². The summed E-state index contributed by atoms with van der Waals surface area (Å²) in [6.07, 6.45) is 5.25. The molecular weight excluding hydrogens is 437 g/mol. The van der Waals surface area contributed by atoms with Gasteiger partial charge in [-0.05, 0) is 37.8 Å². The zero-order chi connectivity index (χ0) is 23.6. The summed E-state index contributed by atoms with van der Waals surface area (Å²) in [5.74, 6) is -1.80. The van der Waals surface area contributed by atoms with E-state index in [4.69, 9.17) is 0 Å². The van der Waals surface area contributed by atoms with Gasteiger partial charge in [0.15, 0.2) is 6.04 Å². The highest BCUT2D eigenvalue weighted by Crippen LogP contribution is 2.35. The molecule has 176 valence electrons. The predicted octanol–water partition coefficient (Wildman–Crippen LogP) is 3.67. The molecule has 10 heteroatoms. The summed E-state index contributed by atoms with van der Waals surface area (Å²) < 4.78 is 42.6. The quantitative estimate of drug-likeness (QED) is 0.685. The molecular formula is C23H25F3N4O3. The minimum atomic E-state index is -4.82. The monoisotopic (exact) mass is 462 g/mol. The molecule has 1 atom stereocenters. The van der Waals surface area contributed by atoms with Crippen LogP contribution in [0.4, 0.5) is 13.2 Å². The fourth-order valence-corrected chi connectivity index (χ4v) is 4.09. The summed E-state index contributed by atoms with van der Waals surface area (Å²) in [5, 5.41) is 4.74. The molecule has 2 heterocycles. The lowest BCUT2D eigenvalue weighted by atomic mass is 9.95. The van der Waals surface area contributed by atoms with Crippen molar-refractivity contribution < 1.29 is 22.8 Å². The number of hydrogen-bond acceptors (Lipinski definition) is 4. The van der Waals surface area contributed by atoms with Crippen LogP contribution in [0.1, 0.15) is 83.4 Å². The van der Waals surface area contributed by atoms with Crippen LogP contribution in [0.25, 0.3) is 0 Å². The molecule has 0 radical (unpaired) electrons. The molecule has 0 aliphatic heterocycles. The van der Waals surface area contributed by atoms with Gasteiger partial charge in [0, 0.05) is 30.7 Å². The standard InChI is InChI=1S/C23H25F3N4O3/c24-23(25,26)20(18-8-4-5-11-27-18)29-22(33)17-13-30(15-9-10-15)12-16(19(17)31)21(32)28-14-6-2-1-3-7-14/h4-5,8,11-15,20H,1-3,6-7,9-10H2,(H,28,32)(H,29,33)/t20-/m1/s1. The Hall–Kier alpha value is -3.17. The highest BCUT2D eigenvalue weighted by atomic mass is 19.4. The van der Waals surface area contributed by atoms with Crippen LogP contribution in [-0.2, 0) is 0 Å². The summed E-state index contributed by atoms with van der Waals surface area (Å²) >= 11 is 0. The van der Waals surface area contributed by atoms with Crippen LogP contribution >= 0.6 is 0 Å². The summed E-state index contributed by atoms with van der Waals surface area (Å²) in [6, 6.07) is 1.54. The van der Waals surface area contributed by atoms with Gasteiger partial charge in [0.2, 0.25) is 5.43 Å². The molecule has 2 saturated carbocycles. The molecule has 2 aromatic heterocycles. The van der Waals surface area contributed by atoms with Gasteiger partial charge in [-0.1, -0.05) is 25.3 Å². The Morgan fingerprint density at radius 3 is 2.24 bits per heavy atom. The number of aromatic nitrogens is 2. The molecule has 0 spiro atoms. The zero-order valence-electron chi connectivity index (χ0n) is 17.9. The van der Waals surface area contributed by atoms with E-state index in [1.54, 1.807) is 4.57 Å². The molecule has 2 aliphatic rings. The lowest BCUT2D eigenvalue weighted by molar-refractivity contribution is -0.156. The van der Waals surface area contributed by atoms with Crippen LogP contribution < -0.4 is 16.1 Å². The first-order valence-corrected chi connectivity index (χ1v) is 11.1. The second kappa shape index (κ2) is 9.36. The molecule has 2 fully saturated rings. The first-order chi connectivity index (χ1) is 15.7. The highest BCUT2D eigenvalue weighted by molar-refractivity contribution is 5.99. The Morgan fingerprint density at radius 2 is 1.67 bits per heavy atom. The fraction of sp³-hybridized carbons (Fsp3) is 0.478. The van der Waals surface area contributed by atoms with Gasteiger partial charge in [-0.2, -0.15) is 13.2 Å². The van der Waals surface area contributed by atoms with Crippen LogP contribution in [-0.4, -0.2) is 33.6 Å². The molecule has 0 unspecified atom stereocenters. The summed E-state index contributed by atoms with van der Waals surface area (Å²) in [7, 11) is 0. The normalized spacial score (nSPS) is 17.9. The number of halogens is 3. The number of hydrogen-bond donors (Lipinski definition) is 2. The Morgan fingerprint density at radius 1 is 1.00 bits per heavy atom. The van der Waals surface area contributed by atoms with Gasteiger partial charge in [0.1, 0.15) is 11.1 Å². The number of nitrogens with zero attached hydrogens (tertiary/aromatic N) is 2. The van der Waals surface area contributed by atoms with E-state index in [1.807, 2.05) is 5.32 Å². The molecule has 0 bridgehead atoms. The van der Waals surface area contributed by atoms with Crippen LogP contribution in [0.2, 0.25) is 0 Å². The summed E-state index contributed by atoms with van der Waals surface area (Å²) in [6.45, 7) is 0. The number of amides is 2. The molecule has 0 saturated heterocycles. The highest BCUT2D eigenvalue weighted by Gasteiger charge is 2.43. The minimum Gasteiger partial charge on any atom is -0.349 e. The number of alkyl halides is 3. The van der Waals surface area contributed by atoms with Crippen molar-refractivity contribution in [2.24, 2.45) is 0 Å². The summed E-state index contributed by atoms with van der Waals surface area (Å²) in [4.78, 5) is 42.5. The van der Waals surface area contributed by atoms with Crippen molar-refractivity contribution in [3.63, 3.8) is 0 Å². The minimum absolute atomic E-state index is 0.00702. The van der Waals surface area contributed by atoms with Gasteiger partial charge in [-0.3, -0.25) is 19.4 Å². The molecule has 4 rings (SSSR count). The van der Waals surface area contributed by atoms with Crippen molar-refractivity contribution in [3.8, 4) is 0 Å². The summed E-state index contributed by atoms with van der Waals surface area (Å²) in [5.41, 5.74) is -2.02. The third kappa shape index (κ3) is 5.43. The number of carbonyl (C=O) groups is 2. The predicted molar refractivity (Wildman–Crippen MR) is 114 cm³/mol. The Labute approximate surface area is 188 Å². The number of nitrogens with one attached hydrogen (secondary N) is 2. The van der Waals surface area contributed by atoms with Crippen LogP contribution in [0, 0.1) is 0 Å². The molecule has 2 aromatic rings. The number of pyridine rings is 2. The van der Waals surface area contributed by atoms with E-state index in [9.17, 15) is 27.6 Å². The molecule has 33 heavy (non-hydrogen) atoms. The lowest BCUT2D eigenvalue weighted by Gasteiger charge is -2.23. The average Bonchev–Trinajstić information content (AvgIpc) is 3.63.